The maximum atomic E-state index is 13.0. The van der Waals surface area contributed by atoms with E-state index in [1.54, 1.807) is 6.92 Å². The molecule has 0 unspecified atom stereocenters. The molecule has 1 aliphatic rings. The van der Waals surface area contributed by atoms with Crippen LogP contribution >= 0.6 is 0 Å². The van der Waals surface area contributed by atoms with E-state index in [0.717, 1.165) is 16.9 Å². The molecule has 54 heavy (non-hydrogen) atoms. The predicted molar refractivity (Wildman–Crippen MR) is 198 cm³/mol. The number of benzene rings is 1. The van der Waals surface area contributed by atoms with Gasteiger partial charge in [0.2, 0.25) is 5.91 Å². The van der Waals surface area contributed by atoms with Crippen molar-refractivity contribution in [3.63, 3.8) is 0 Å². The number of carbonyl (C=O) groups excluding carboxylic acids is 5. The monoisotopic (exact) mass is 765 g/mol. The van der Waals surface area contributed by atoms with Crippen molar-refractivity contribution >= 4 is 35.3 Å². The highest BCUT2D eigenvalue weighted by Gasteiger charge is 2.28. The number of anilines is 1. The molecule has 1 aromatic rings. The zero-order valence-electron chi connectivity index (χ0n) is 32.2. The number of alkyl carbamates (subject to hydrolysis) is 1. The molecule has 2 atom stereocenters. The van der Waals surface area contributed by atoms with Gasteiger partial charge in [0.25, 0.3) is 11.8 Å². The highest BCUT2D eigenvalue weighted by molar-refractivity contribution is 6.12. The molecule has 4 amide bonds. The molecule has 0 radical (unpaired) electrons. The Hall–Kier alpha value is -3.77. The number of imide groups is 1. The third-order valence-electron chi connectivity index (χ3n) is 7.92. The van der Waals surface area contributed by atoms with E-state index in [-0.39, 0.29) is 62.2 Å². The first-order valence-electron chi connectivity index (χ1n) is 18.6. The summed E-state index contributed by atoms with van der Waals surface area (Å²) in [6.07, 6.45) is 2.65. The lowest BCUT2D eigenvalue weighted by Crippen LogP contribution is -2.45. The lowest BCUT2D eigenvalue weighted by molar-refractivity contribution is -0.137. The second-order valence-electron chi connectivity index (χ2n) is 12.6. The molecule has 1 aliphatic heterocycles. The smallest absolute Gasteiger partial charge is 0.407 e. The number of hydrogen-bond donors (Lipinski definition) is 2. The predicted octanol–water partition coefficient (Wildman–Crippen LogP) is 2.57. The number of aryl methyl sites for hydroxylation is 1. The second-order valence-corrected chi connectivity index (χ2v) is 12.6. The van der Waals surface area contributed by atoms with E-state index < -0.39 is 18.1 Å². The molecule has 0 bridgehead atoms. The molecule has 16 heteroatoms. The summed E-state index contributed by atoms with van der Waals surface area (Å²) < 4.78 is 43.2. The number of hydrogen-bond acceptors (Lipinski definition) is 13. The Morgan fingerprint density at radius 2 is 1.06 bits per heavy atom. The minimum absolute atomic E-state index is 0.00647. The quantitative estimate of drug-likeness (QED) is 0.0806. The Morgan fingerprint density at radius 3 is 1.48 bits per heavy atom. The minimum Gasteiger partial charge on any atom is -0.447 e. The Kier molecular flexibility index (Phi) is 24.6. The molecule has 0 fully saturated rings. The molecular weight excluding hydrogens is 706 g/mol. The molecule has 0 saturated carbocycles. The van der Waals surface area contributed by atoms with Gasteiger partial charge in [-0.3, -0.25) is 24.1 Å². The Labute approximate surface area is 318 Å². The number of ketones is 1. The minimum atomic E-state index is -0.788. The summed E-state index contributed by atoms with van der Waals surface area (Å²) in [5, 5.41) is 5.46. The number of nitrogens with zero attached hydrogens (tertiary/aromatic N) is 1. The van der Waals surface area contributed by atoms with Crippen LogP contribution in [0.5, 0.6) is 0 Å². The van der Waals surface area contributed by atoms with Gasteiger partial charge in [0.15, 0.2) is 5.78 Å². The van der Waals surface area contributed by atoms with Gasteiger partial charge in [0.1, 0.15) is 6.61 Å². The topological polar surface area (TPSA) is 186 Å². The van der Waals surface area contributed by atoms with Crippen LogP contribution in [0.3, 0.4) is 0 Å². The molecule has 2 N–H and O–H groups in total. The average Bonchev–Trinajstić information content (AvgIpc) is 3.48. The Balaban J connectivity index is 1.34. The normalized spacial score (nSPS) is 13.8. The second kappa shape index (κ2) is 28.6. The van der Waals surface area contributed by atoms with Gasteiger partial charge < -0.3 is 48.5 Å². The highest BCUT2D eigenvalue weighted by Crippen LogP contribution is 2.15. The van der Waals surface area contributed by atoms with E-state index >= 15 is 0 Å². The summed E-state index contributed by atoms with van der Waals surface area (Å²) in [6.45, 7) is 12.8. The lowest BCUT2D eigenvalue weighted by atomic mass is 9.93. The number of nitrogens with one attached hydrogen (secondary N) is 2. The number of rotatable bonds is 32. The number of ether oxygens (including phenoxy) is 8. The van der Waals surface area contributed by atoms with E-state index in [1.165, 1.54) is 12.2 Å². The fraction of sp³-hybridized carbons (Fsp3) is 0.658. The molecule has 0 aliphatic carbocycles. The van der Waals surface area contributed by atoms with Gasteiger partial charge in [-0.15, -0.1) is 0 Å². The average molecular weight is 766 g/mol. The van der Waals surface area contributed by atoms with E-state index in [0.29, 0.717) is 85.0 Å². The van der Waals surface area contributed by atoms with Crippen molar-refractivity contribution in [1.82, 2.24) is 10.2 Å². The van der Waals surface area contributed by atoms with Gasteiger partial charge in [0, 0.05) is 30.2 Å². The van der Waals surface area contributed by atoms with Crippen molar-refractivity contribution in [3.05, 3.63) is 42.0 Å². The summed E-state index contributed by atoms with van der Waals surface area (Å²) in [4.78, 5) is 61.9. The SMILES string of the molecule is CCc1ccc(NC(=O)[C@H](C)CC(=O)[C@@H](NC(=O)OCCOCCOCCOCCOCCOCCOCCOCCN2C(=O)C=CC2=O)C(C)C)cc1. The van der Waals surface area contributed by atoms with Crippen LogP contribution in [0.4, 0.5) is 10.5 Å². The lowest BCUT2D eigenvalue weighted by Gasteiger charge is -2.22. The van der Waals surface area contributed by atoms with Crippen LogP contribution in [0.1, 0.15) is 39.7 Å². The molecule has 0 aromatic heterocycles. The maximum Gasteiger partial charge on any atom is 0.407 e. The van der Waals surface area contributed by atoms with Gasteiger partial charge in [0.05, 0.1) is 105 Å². The van der Waals surface area contributed by atoms with E-state index in [1.807, 2.05) is 38.1 Å². The number of carbonyl (C=O) groups is 5. The molecule has 16 nitrogen and oxygen atoms in total. The van der Waals surface area contributed by atoms with Crippen LogP contribution in [-0.4, -0.2) is 146 Å². The van der Waals surface area contributed by atoms with Crippen LogP contribution < -0.4 is 10.6 Å². The fourth-order valence-corrected chi connectivity index (χ4v) is 4.82. The largest absolute Gasteiger partial charge is 0.447 e. The third-order valence-corrected chi connectivity index (χ3v) is 7.92. The van der Waals surface area contributed by atoms with Gasteiger partial charge in [-0.2, -0.15) is 0 Å². The summed E-state index contributed by atoms with van der Waals surface area (Å²) in [5.41, 5.74) is 1.84. The maximum absolute atomic E-state index is 13.0. The molecule has 2 rings (SSSR count). The van der Waals surface area contributed by atoms with Gasteiger partial charge in [-0.05, 0) is 30.0 Å². The summed E-state index contributed by atoms with van der Waals surface area (Å²) in [5.74, 6) is -1.92. The molecule has 0 saturated heterocycles. The first-order chi connectivity index (χ1) is 26.1. The summed E-state index contributed by atoms with van der Waals surface area (Å²) in [7, 11) is 0. The van der Waals surface area contributed by atoms with Crippen LogP contribution in [0.25, 0.3) is 0 Å². The van der Waals surface area contributed by atoms with Gasteiger partial charge in [-0.1, -0.05) is 39.8 Å². The third kappa shape index (κ3) is 20.6. The van der Waals surface area contributed by atoms with E-state index in [9.17, 15) is 24.0 Å². The van der Waals surface area contributed by atoms with Crippen molar-refractivity contribution in [1.29, 1.82) is 0 Å². The van der Waals surface area contributed by atoms with Crippen molar-refractivity contribution in [3.8, 4) is 0 Å². The molecular formula is C38H59N3O13. The van der Waals surface area contributed by atoms with E-state index in [2.05, 4.69) is 17.6 Å². The Bertz CT molecular complexity index is 1260. The van der Waals surface area contributed by atoms with Crippen molar-refractivity contribution < 1.29 is 61.9 Å². The van der Waals surface area contributed by atoms with Crippen LogP contribution in [0.2, 0.25) is 0 Å². The van der Waals surface area contributed by atoms with Crippen molar-refractivity contribution in [2.75, 3.05) is 111 Å². The van der Waals surface area contributed by atoms with Crippen molar-refractivity contribution in [2.24, 2.45) is 11.8 Å². The number of Topliss-reactive ketones (excluding diaryl/α,β-unsaturated/α-hetero) is 1. The first-order valence-corrected chi connectivity index (χ1v) is 18.6. The summed E-state index contributed by atoms with van der Waals surface area (Å²) in [6, 6.07) is 6.78. The molecule has 1 heterocycles. The van der Waals surface area contributed by atoms with Crippen LogP contribution in [-0.2, 0) is 63.5 Å². The van der Waals surface area contributed by atoms with Gasteiger partial charge >= 0.3 is 6.09 Å². The molecule has 1 aromatic carbocycles. The zero-order valence-corrected chi connectivity index (χ0v) is 32.2. The molecule has 304 valence electrons. The molecule has 0 spiro atoms. The first kappa shape index (κ1) is 46.4. The zero-order chi connectivity index (χ0) is 39.4. The van der Waals surface area contributed by atoms with Crippen LogP contribution in [0.15, 0.2) is 36.4 Å². The Morgan fingerprint density at radius 1 is 0.630 bits per heavy atom. The highest BCUT2D eigenvalue weighted by atomic mass is 16.6. The number of amides is 4. The van der Waals surface area contributed by atoms with Crippen LogP contribution in [0, 0.1) is 11.8 Å². The van der Waals surface area contributed by atoms with Crippen molar-refractivity contribution in [2.45, 2.75) is 46.6 Å². The van der Waals surface area contributed by atoms with Gasteiger partial charge in [-0.25, -0.2) is 4.79 Å². The summed E-state index contributed by atoms with van der Waals surface area (Å²) >= 11 is 0. The fourth-order valence-electron chi connectivity index (χ4n) is 4.82. The van der Waals surface area contributed by atoms with E-state index in [4.69, 9.17) is 37.9 Å². The standard InChI is InChI=1S/C38H59N3O13/c1-5-31-6-8-32(9-7-31)39-37(45)30(4)28-33(42)36(29(2)3)40-38(46)54-27-26-53-25-24-52-23-22-51-21-20-50-19-18-49-17-16-48-15-14-47-13-12-41-34(43)10-11-35(41)44/h6-11,29-30,36H,5,12-28H2,1-4H3,(H,39,45)(H,40,46)/t30-,36+/m1/s1.